The third-order valence-corrected chi connectivity index (χ3v) is 4.58. The second-order valence-electron chi connectivity index (χ2n) is 6.49. The van der Waals surface area contributed by atoms with E-state index in [2.05, 4.69) is 10.1 Å². The van der Waals surface area contributed by atoms with Gasteiger partial charge in [-0.1, -0.05) is 12.1 Å². The van der Waals surface area contributed by atoms with Crippen LogP contribution >= 0.6 is 0 Å². The number of ether oxygens (including phenoxy) is 1. The minimum Gasteiger partial charge on any atom is -0.496 e. The average molecular weight is 384 g/mol. The van der Waals surface area contributed by atoms with Crippen molar-refractivity contribution in [2.45, 2.75) is 6.54 Å². The van der Waals surface area contributed by atoms with E-state index in [9.17, 15) is 4.79 Å². The van der Waals surface area contributed by atoms with Gasteiger partial charge in [-0.3, -0.25) is 9.48 Å². The first kappa shape index (κ1) is 18.4. The molecule has 0 N–H and O–H groups in total. The summed E-state index contributed by atoms with van der Waals surface area (Å²) < 4.78 is 9.17. The first-order valence-corrected chi connectivity index (χ1v) is 9.18. The number of hydrogen-bond donors (Lipinski definition) is 0. The van der Waals surface area contributed by atoms with Crippen LogP contribution in [0.3, 0.4) is 0 Å². The highest BCUT2D eigenvalue weighted by Crippen LogP contribution is 2.22. The normalized spacial score (nSPS) is 11.1. The lowest BCUT2D eigenvalue weighted by Crippen LogP contribution is -2.02. The van der Waals surface area contributed by atoms with E-state index >= 15 is 0 Å². The molecular weight excluding hydrogens is 364 g/mol. The number of imidazole rings is 1. The Kier molecular flexibility index (Phi) is 5.33. The van der Waals surface area contributed by atoms with Crippen LogP contribution in [-0.2, 0) is 6.54 Å². The molecule has 0 saturated carbocycles. The van der Waals surface area contributed by atoms with Gasteiger partial charge in [-0.05, 0) is 54.1 Å². The quantitative estimate of drug-likeness (QED) is 0.357. The fourth-order valence-electron chi connectivity index (χ4n) is 3.07. The number of nitrogens with zero attached hydrogens (tertiary/aromatic N) is 4. The summed E-state index contributed by atoms with van der Waals surface area (Å²) in [5, 5.41) is 4.24. The van der Waals surface area contributed by atoms with Crippen molar-refractivity contribution in [3.8, 4) is 11.4 Å². The van der Waals surface area contributed by atoms with Crippen LogP contribution in [0.25, 0.3) is 11.8 Å². The van der Waals surface area contributed by atoms with Gasteiger partial charge in [-0.15, -0.1) is 0 Å². The molecule has 4 aromatic rings. The van der Waals surface area contributed by atoms with Crippen LogP contribution in [-0.4, -0.2) is 32.2 Å². The summed E-state index contributed by atoms with van der Waals surface area (Å²) in [6, 6.07) is 15.2. The van der Waals surface area contributed by atoms with Crippen molar-refractivity contribution in [2.75, 3.05) is 7.11 Å². The molecule has 6 nitrogen and oxygen atoms in total. The molecule has 0 spiro atoms. The lowest BCUT2D eigenvalue weighted by atomic mass is 10.1. The Labute approximate surface area is 168 Å². The average Bonchev–Trinajstić information content (AvgIpc) is 3.47. The van der Waals surface area contributed by atoms with E-state index in [0.29, 0.717) is 12.1 Å². The molecule has 2 aromatic heterocycles. The summed E-state index contributed by atoms with van der Waals surface area (Å²) in [5.41, 5.74) is 3.52. The van der Waals surface area contributed by atoms with Crippen molar-refractivity contribution in [2.24, 2.45) is 0 Å². The highest BCUT2D eigenvalue weighted by atomic mass is 16.5. The van der Waals surface area contributed by atoms with Crippen molar-refractivity contribution < 1.29 is 9.53 Å². The Balaban J connectivity index is 1.50. The van der Waals surface area contributed by atoms with E-state index in [-0.39, 0.29) is 5.78 Å². The van der Waals surface area contributed by atoms with Crippen LogP contribution in [0.2, 0.25) is 0 Å². The Bertz CT molecular complexity index is 1110. The number of ketones is 1. The fourth-order valence-corrected chi connectivity index (χ4v) is 3.07. The van der Waals surface area contributed by atoms with E-state index in [1.165, 1.54) is 0 Å². The first-order chi connectivity index (χ1) is 14.2. The van der Waals surface area contributed by atoms with Crippen LogP contribution in [0, 0.1) is 0 Å². The van der Waals surface area contributed by atoms with Crippen molar-refractivity contribution in [3.63, 3.8) is 0 Å². The number of carbonyl (C=O) groups is 1. The Hall–Kier alpha value is -3.93. The van der Waals surface area contributed by atoms with Crippen LogP contribution < -0.4 is 4.74 Å². The molecule has 29 heavy (non-hydrogen) atoms. The number of benzene rings is 2. The second kappa shape index (κ2) is 8.39. The third-order valence-electron chi connectivity index (χ3n) is 4.58. The molecule has 0 fully saturated rings. The van der Waals surface area contributed by atoms with Crippen LogP contribution in [0.1, 0.15) is 21.5 Å². The van der Waals surface area contributed by atoms with Gasteiger partial charge >= 0.3 is 0 Å². The van der Waals surface area contributed by atoms with E-state index in [0.717, 1.165) is 22.6 Å². The highest BCUT2D eigenvalue weighted by Gasteiger charge is 2.06. The lowest BCUT2D eigenvalue weighted by Gasteiger charge is -2.09. The molecule has 2 heterocycles. The molecule has 144 valence electrons. The zero-order chi connectivity index (χ0) is 20.1. The van der Waals surface area contributed by atoms with Crippen molar-refractivity contribution in [3.05, 3.63) is 102 Å². The van der Waals surface area contributed by atoms with Gasteiger partial charge in [0.25, 0.3) is 0 Å². The number of methoxy groups -OCH3 is 1. The SMILES string of the molecule is COc1ccc(C=CC(=O)c2ccc(-n3ccnc3)cc2)cc1Cn1cccn1. The van der Waals surface area contributed by atoms with E-state index in [1.807, 2.05) is 76.2 Å². The van der Waals surface area contributed by atoms with Gasteiger partial charge in [0.1, 0.15) is 5.75 Å². The highest BCUT2D eigenvalue weighted by molar-refractivity contribution is 6.06. The van der Waals surface area contributed by atoms with Crippen LogP contribution in [0.15, 0.2) is 85.7 Å². The molecule has 0 atom stereocenters. The molecule has 0 aliphatic heterocycles. The zero-order valence-corrected chi connectivity index (χ0v) is 16.0. The zero-order valence-electron chi connectivity index (χ0n) is 16.0. The summed E-state index contributed by atoms with van der Waals surface area (Å²) in [7, 11) is 1.65. The molecule has 0 aliphatic rings. The fraction of sp³-hybridized carbons (Fsp3) is 0.0870. The summed E-state index contributed by atoms with van der Waals surface area (Å²) in [5.74, 6) is 0.741. The molecule has 4 rings (SSSR count). The Morgan fingerprint density at radius 3 is 2.66 bits per heavy atom. The van der Waals surface area contributed by atoms with Crippen molar-refractivity contribution in [1.82, 2.24) is 19.3 Å². The number of hydrogen-bond acceptors (Lipinski definition) is 4. The van der Waals surface area contributed by atoms with Gasteiger partial charge in [0, 0.05) is 41.6 Å². The van der Waals surface area contributed by atoms with Gasteiger partial charge in [-0.25, -0.2) is 4.98 Å². The van der Waals surface area contributed by atoms with E-state index < -0.39 is 0 Å². The lowest BCUT2D eigenvalue weighted by molar-refractivity contribution is 0.104. The summed E-state index contributed by atoms with van der Waals surface area (Å²) in [6.07, 6.45) is 12.4. The predicted molar refractivity (Wildman–Crippen MR) is 111 cm³/mol. The van der Waals surface area contributed by atoms with Gasteiger partial charge in [0.15, 0.2) is 5.78 Å². The third kappa shape index (κ3) is 4.32. The Morgan fingerprint density at radius 2 is 1.97 bits per heavy atom. The van der Waals surface area contributed by atoms with Gasteiger partial charge < -0.3 is 9.30 Å². The monoisotopic (exact) mass is 384 g/mol. The van der Waals surface area contributed by atoms with E-state index in [1.54, 1.807) is 31.9 Å². The predicted octanol–water partition coefficient (Wildman–Crippen LogP) is 4.02. The second-order valence-corrected chi connectivity index (χ2v) is 6.49. The first-order valence-electron chi connectivity index (χ1n) is 9.18. The Morgan fingerprint density at radius 1 is 1.10 bits per heavy atom. The topological polar surface area (TPSA) is 61.9 Å². The van der Waals surface area contributed by atoms with Crippen LogP contribution in [0.4, 0.5) is 0 Å². The largest absolute Gasteiger partial charge is 0.496 e. The molecular formula is C23H20N4O2. The smallest absolute Gasteiger partial charge is 0.185 e. The minimum absolute atomic E-state index is 0.0494. The molecule has 0 unspecified atom stereocenters. The molecule has 0 bridgehead atoms. The molecule has 0 saturated heterocycles. The summed E-state index contributed by atoms with van der Waals surface area (Å²) in [4.78, 5) is 16.6. The van der Waals surface area contributed by atoms with Crippen molar-refractivity contribution in [1.29, 1.82) is 0 Å². The molecule has 0 aliphatic carbocycles. The minimum atomic E-state index is -0.0494. The van der Waals surface area contributed by atoms with E-state index in [4.69, 9.17) is 4.74 Å². The maximum Gasteiger partial charge on any atom is 0.185 e. The van der Waals surface area contributed by atoms with Crippen LogP contribution in [0.5, 0.6) is 5.75 Å². The van der Waals surface area contributed by atoms with Gasteiger partial charge in [-0.2, -0.15) is 5.10 Å². The molecule has 0 radical (unpaired) electrons. The maximum atomic E-state index is 12.5. The summed E-state index contributed by atoms with van der Waals surface area (Å²) >= 11 is 0. The summed E-state index contributed by atoms with van der Waals surface area (Å²) in [6.45, 7) is 0.599. The number of allylic oxidation sites excluding steroid dienone is 1. The van der Waals surface area contributed by atoms with Gasteiger partial charge in [0.2, 0.25) is 0 Å². The maximum absolute atomic E-state index is 12.5. The standard InChI is InChI=1S/C23H20N4O2/c1-29-23-10-4-18(15-20(23)16-27-13-2-11-25-27)3-9-22(28)19-5-7-21(8-6-19)26-14-12-24-17-26/h2-15,17H,16H2,1H3. The number of carbonyl (C=O) groups excluding carboxylic acids is 1. The molecule has 0 amide bonds. The van der Waals surface area contributed by atoms with Gasteiger partial charge in [0.05, 0.1) is 20.0 Å². The van der Waals surface area contributed by atoms with Crippen molar-refractivity contribution >= 4 is 11.9 Å². The molecule has 6 heteroatoms. The molecule has 2 aromatic carbocycles. The number of aromatic nitrogens is 4. The number of rotatable bonds is 7.